The van der Waals surface area contributed by atoms with E-state index < -0.39 is 10.0 Å². The minimum atomic E-state index is -3.72. The summed E-state index contributed by atoms with van der Waals surface area (Å²) < 4.78 is 34.1. The molecule has 4 rings (SSSR count). The Kier molecular flexibility index (Phi) is 7.82. The fraction of sp³-hybridized carbons (Fsp3) is 0.259. The van der Waals surface area contributed by atoms with E-state index in [1.807, 2.05) is 12.1 Å². The van der Waals surface area contributed by atoms with Crippen LogP contribution in [0.2, 0.25) is 0 Å². The normalized spacial score (nSPS) is 14.2. The molecule has 1 saturated carbocycles. The van der Waals surface area contributed by atoms with Gasteiger partial charge in [0.2, 0.25) is 5.88 Å². The lowest BCUT2D eigenvalue weighted by molar-refractivity contribution is 0.0955. The van der Waals surface area contributed by atoms with Crippen LogP contribution in [0.25, 0.3) is 0 Å². The number of nitrogens with zero attached hydrogens (tertiary/aromatic N) is 1. The van der Waals surface area contributed by atoms with E-state index in [0.717, 1.165) is 12.8 Å². The third-order valence-electron chi connectivity index (χ3n) is 6.01. The summed E-state index contributed by atoms with van der Waals surface area (Å²) in [6.07, 6.45) is 9.19. The summed E-state index contributed by atoms with van der Waals surface area (Å²) in [5, 5.41) is 2.69. The Morgan fingerprint density at radius 1 is 1.03 bits per heavy atom. The second-order valence-corrected chi connectivity index (χ2v) is 10.2. The van der Waals surface area contributed by atoms with Crippen molar-refractivity contribution in [1.29, 1.82) is 0 Å². The average Bonchev–Trinajstić information content (AvgIpc) is 2.89. The first-order valence-electron chi connectivity index (χ1n) is 11.7. The third kappa shape index (κ3) is 6.27. The second-order valence-electron chi connectivity index (χ2n) is 8.49. The van der Waals surface area contributed by atoms with Crippen LogP contribution in [0.15, 0.2) is 84.4 Å². The van der Waals surface area contributed by atoms with Gasteiger partial charge in [-0.3, -0.25) is 9.52 Å². The van der Waals surface area contributed by atoms with E-state index in [1.165, 1.54) is 31.0 Å². The highest BCUT2D eigenvalue weighted by atomic mass is 32.2. The standard InChI is InChI=1S/C27H29N3O4S/c1-2-18-28-26(31)25-9-6-19-29-27(25)34-23-14-12-22(13-15-23)30-35(32,33)24-16-10-21(11-17-24)20-7-4-3-5-8-20/h2,6,9-17,19-20,30H,1,3-5,7-8,18H2,(H,28,31). The Morgan fingerprint density at radius 2 is 1.74 bits per heavy atom. The van der Waals surface area contributed by atoms with Gasteiger partial charge in [-0.15, -0.1) is 6.58 Å². The molecule has 35 heavy (non-hydrogen) atoms. The number of hydrogen-bond donors (Lipinski definition) is 2. The monoisotopic (exact) mass is 491 g/mol. The molecule has 0 saturated heterocycles. The predicted molar refractivity (Wildman–Crippen MR) is 136 cm³/mol. The van der Waals surface area contributed by atoms with Crippen LogP contribution in [-0.4, -0.2) is 25.9 Å². The van der Waals surface area contributed by atoms with E-state index in [2.05, 4.69) is 21.6 Å². The summed E-state index contributed by atoms with van der Waals surface area (Å²) in [6, 6.07) is 16.9. The van der Waals surface area contributed by atoms with Crippen LogP contribution in [0.3, 0.4) is 0 Å². The molecule has 0 aliphatic heterocycles. The summed E-state index contributed by atoms with van der Waals surface area (Å²) in [4.78, 5) is 16.7. The predicted octanol–water partition coefficient (Wildman–Crippen LogP) is 5.64. The van der Waals surface area contributed by atoms with Crippen LogP contribution < -0.4 is 14.8 Å². The van der Waals surface area contributed by atoms with Gasteiger partial charge in [0.05, 0.1) is 4.90 Å². The largest absolute Gasteiger partial charge is 0.438 e. The van der Waals surface area contributed by atoms with Crippen molar-refractivity contribution >= 4 is 21.6 Å². The molecule has 1 amide bonds. The average molecular weight is 492 g/mol. The summed E-state index contributed by atoms with van der Waals surface area (Å²) in [5.74, 6) is 0.766. The number of carbonyl (C=O) groups excluding carboxylic acids is 1. The molecule has 0 radical (unpaired) electrons. The molecular formula is C27H29N3O4S. The van der Waals surface area contributed by atoms with Crippen molar-refractivity contribution in [3.05, 3.63) is 90.6 Å². The van der Waals surface area contributed by atoms with E-state index in [9.17, 15) is 13.2 Å². The molecule has 1 fully saturated rings. The Labute approximate surface area is 206 Å². The number of hydrogen-bond acceptors (Lipinski definition) is 5. The van der Waals surface area contributed by atoms with Crippen molar-refractivity contribution in [2.75, 3.05) is 11.3 Å². The zero-order chi connectivity index (χ0) is 24.7. The van der Waals surface area contributed by atoms with Crippen LogP contribution in [0.1, 0.15) is 53.9 Å². The number of amides is 1. The summed E-state index contributed by atoms with van der Waals surface area (Å²) >= 11 is 0. The number of nitrogens with one attached hydrogen (secondary N) is 2. The van der Waals surface area contributed by atoms with Gasteiger partial charge in [0.1, 0.15) is 11.3 Å². The van der Waals surface area contributed by atoms with Crippen LogP contribution in [0.4, 0.5) is 5.69 Å². The van der Waals surface area contributed by atoms with E-state index in [0.29, 0.717) is 23.9 Å². The zero-order valence-corrected chi connectivity index (χ0v) is 20.3. The van der Waals surface area contributed by atoms with Crippen LogP contribution in [0.5, 0.6) is 11.6 Å². The number of rotatable bonds is 9. The Balaban J connectivity index is 1.42. The summed E-state index contributed by atoms with van der Waals surface area (Å²) in [5.41, 5.74) is 1.90. The molecule has 1 aliphatic rings. The van der Waals surface area contributed by atoms with Gasteiger partial charge in [-0.05, 0) is 72.9 Å². The lowest BCUT2D eigenvalue weighted by atomic mass is 9.84. The molecule has 182 valence electrons. The van der Waals surface area contributed by atoms with Gasteiger partial charge in [-0.1, -0.05) is 37.5 Å². The van der Waals surface area contributed by atoms with Gasteiger partial charge in [-0.25, -0.2) is 13.4 Å². The smallest absolute Gasteiger partial charge is 0.261 e. The molecule has 0 atom stereocenters. The fourth-order valence-corrected chi connectivity index (χ4v) is 5.24. The maximum Gasteiger partial charge on any atom is 0.261 e. The molecule has 1 heterocycles. The highest BCUT2D eigenvalue weighted by molar-refractivity contribution is 7.92. The number of pyridine rings is 1. The van der Waals surface area contributed by atoms with E-state index in [-0.39, 0.29) is 22.2 Å². The molecule has 2 N–H and O–H groups in total. The van der Waals surface area contributed by atoms with Gasteiger partial charge in [0.25, 0.3) is 15.9 Å². The number of ether oxygens (including phenoxy) is 1. The number of aromatic nitrogens is 1. The van der Waals surface area contributed by atoms with Gasteiger partial charge in [-0.2, -0.15) is 0 Å². The van der Waals surface area contributed by atoms with Crippen molar-refractivity contribution < 1.29 is 17.9 Å². The molecule has 7 nitrogen and oxygen atoms in total. The quantitative estimate of drug-likeness (QED) is 0.378. The number of carbonyl (C=O) groups is 1. The molecule has 0 bridgehead atoms. The lowest BCUT2D eigenvalue weighted by Gasteiger charge is -2.22. The molecule has 1 aromatic heterocycles. The lowest BCUT2D eigenvalue weighted by Crippen LogP contribution is -2.23. The summed E-state index contributed by atoms with van der Waals surface area (Å²) in [6.45, 7) is 3.91. The first-order chi connectivity index (χ1) is 17.0. The third-order valence-corrected chi connectivity index (χ3v) is 7.41. The Hall–Kier alpha value is -3.65. The van der Waals surface area contributed by atoms with E-state index in [1.54, 1.807) is 54.6 Å². The second kappa shape index (κ2) is 11.2. The molecule has 8 heteroatoms. The molecule has 3 aromatic rings. The number of anilines is 1. The van der Waals surface area contributed by atoms with Gasteiger partial charge < -0.3 is 10.1 Å². The first kappa shape index (κ1) is 24.5. The maximum atomic E-state index is 12.9. The van der Waals surface area contributed by atoms with Gasteiger partial charge in [0, 0.05) is 18.4 Å². The van der Waals surface area contributed by atoms with Crippen LogP contribution in [0, 0.1) is 0 Å². The van der Waals surface area contributed by atoms with E-state index in [4.69, 9.17) is 4.74 Å². The summed E-state index contributed by atoms with van der Waals surface area (Å²) in [7, 11) is -3.72. The van der Waals surface area contributed by atoms with Gasteiger partial charge >= 0.3 is 0 Å². The van der Waals surface area contributed by atoms with Crippen LogP contribution >= 0.6 is 0 Å². The highest BCUT2D eigenvalue weighted by Gasteiger charge is 2.19. The number of sulfonamides is 1. The minimum Gasteiger partial charge on any atom is -0.438 e. The molecule has 1 aliphatic carbocycles. The number of benzene rings is 2. The Bertz CT molecular complexity index is 1270. The van der Waals surface area contributed by atoms with Crippen molar-refractivity contribution in [3.63, 3.8) is 0 Å². The van der Waals surface area contributed by atoms with Crippen LogP contribution in [-0.2, 0) is 10.0 Å². The maximum absolute atomic E-state index is 12.9. The topological polar surface area (TPSA) is 97.4 Å². The first-order valence-corrected chi connectivity index (χ1v) is 13.2. The zero-order valence-electron chi connectivity index (χ0n) is 19.4. The minimum absolute atomic E-state index is 0.153. The molecule has 2 aromatic carbocycles. The van der Waals surface area contributed by atoms with Crippen molar-refractivity contribution in [2.45, 2.75) is 42.9 Å². The Morgan fingerprint density at radius 3 is 2.43 bits per heavy atom. The van der Waals surface area contributed by atoms with Crippen molar-refractivity contribution in [3.8, 4) is 11.6 Å². The molecule has 0 unspecified atom stereocenters. The highest BCUT2D eigenvalue weighted by Crippen LogP contribution is 2.33. The SMILES string of the molecule is C=CCNC(=O)c1cccnc1Oc1ccc(NS(=O)(=O)c2ccc(C3CCCCC3)cc2)cc1. The fourth-order valence-electron chi connectivity index (χ4n) is 4.18. The molecule has 0 spiro atoms. The van der Waals surface area contributed by atoms with Crippen molar-refractivity contribution in [1.82, 2.24) is 10.3 Å². The molecular weight excluding hydrogens is 462 g/mol. The van der Waals surface area contributed by atoms with Gasteiger partial charge in [0.15, 0.2) is 0 Å². The van der Waals surface area contributed by atoms with E-state index >= 15 is 0 Å². The van der Waals surface area contributed by atoms with Crippen molar-refractivity contribution in [2.24, 2.45) is 0 Å².